The Kier molecular flexibility index (Phi) is 4.96. The van der Waals surface area contributed by atoms with E-state index in [0.29, 0.717) is 19.8 Å². The molecule has 3 N–H and O–H groups in total. The second-order valence-electron chi connectivity index (χ2n) is 4.46. The predicted molar refractivity (Wildman–Crippen MR) is 74.5 cm³/mol. The highest BCUT2D eigenvalue weighted by atomic mass is 16.5. The van der Waals surface area contributed by atoms with Crippen LogP contribution in [-0.2, 0) is 9.53 Å². The molecule has 0 atom stereocenters. The minimum atomic E-state index is 0.0606. The Morgan fingerprint density at radius 2 is 2.00 bits per heavy atom. The lowest BCUT2D eigenvalue weighted by Crippen LogP contribution is -2.28. The van der Waals surface area contributed by atoms with Crippen LogP contribution >= 0.6 is 0 Å². The van der Waals surface area contributed by atoms with Crippen LogP contribution in [0.5, 0.6) is 0 Å². The molecule has 0 aliphatic carbocycles. The highest BCUT2D eigenvalue weighted by Gasteiger charge is 2.21. The van der Waals surface area contributed by atoms with Gasteiger partial charge in [0, 0.05) is 30.4 Å². The third kappa shape index (κ3) is 4.09. The highest BCUT2D eigenvalue weighted by molar-refractivity contribution is 5.92. The molecular weight excluding hydrogens is 240 g/mol. The van der Waals surface area contributed by atoms with E-state index in [1.807, 2.05) is 24.3 Å². The van der Waals surface area contributed by atoms with Gasteiger partial charge in [0.2, 0.25) is 5.91 Å². The minimum absolute atomic E-state index is 0.0606. The highest BCUT2D eigenvalue weighted by Crippen LogP contribution is 2.17. The molecule has 2 rings (SSSR count). The Labute approximate surface area is 113 Å². The van der Waals surface area contributed by atoms with Crippen molar-refractivity contribution >= 4 is 11.6 Å². The Hall–Kier alpha value is -1.83. The maximum Gasteiger partial charge on any atom is 0.227 e. The Balaban J connectivity index is 1.93. The number of ether oxygens (including phenoxy) is 1. The molecule has 1 heterocycles. The predicted octanol–water partition coefficient (Wildman–Crippen LogP) is 1.36. The van der Waals surface area contributed by atoms with Crippen LogP contribution in [0.15, 0.2) is 24.3 Å². The summed E-state index contributed by atoms with van der Waals surface area (Å²) < 4.78 is 5.25. The van der Waals surface area contributed by atoms with Crippen molar-refractivity contribution < 1.29 is 9.53 Å². The fourth-order valence-electron chi connectivity index (χ4n) is 1.99. The molecule has 1 amide bonds. The summed E-state index contributed by atoms with van der Waals surface area (Å²) in [5, 5.41) is 2.93. The number of hydrogen-bond donors (Lipinski definition) is 2. The maximum atomic E-state index is 12.0. The fourth-order valence-corrected chi connectivity index (χ4v) is 1.99. The zero-order valence-electron chi connectivity index (χ0n) is 10.8. The van der Waals surface area contributed by atoms with Crippen molar-refractivity contribution in [3.8, 4) is 11.8 Å². The summed E-state index contributed by atoms with van der Waals surface area (Å²) in [6.07, 6.45) is 1.60. The van der Waals surface area contributed by atoms with Crippen molar-refractivity contribution in [3.63, 3.8) is 0 Å². The molecule has 0 spiro atoms. The summed E-state index contributed by atoms with van der Waals surface area (Å²) in [6.45, 7) is 1.69. The molecule has 1 aliphatic rings. The van der Waals surface area contributed by atoms with Crippen molar-refractivity contribution in [2.45, 2.75) is 12.8 Å². The van der Waals surface area contributed by atoms with Crippen molar-refractivity contribution in [1.29, 1.82) is 0 Å². The molecule has 4 nitrogen and oxygen atoms in total. The van der Waals surface area contributed by atoms with Crippen molar-refractivity contribution in [2.24, 2.45) is 11.7 Å². The van der Waals surface area contributed by atoms with Gasteiger partial charge in [-0.05, 0) is 37.1 Å². The minimum Gasteiger partial charge on any atom is -0.381 e. The first-order valence-corrected chi connectivity index (χ1v) is 6.47. The van der Waals surface area contributed by atoms with Crippen molar-refractivity contribution in [3.05, 3.63) is 29.8 Å². The number of benzene rings is 1. The van der Waals surface area contributed by atoms with Crippen molar-refractivity contribution in [2.75, 3.05) is 25.1 Å². The molecule has 0 aromatic heterocycles. The van der Waals surface area contributed by atoms with Crippen LogP contribution in [0.2, 0.25) is 0 Å². The number of rotatable bonds is 2. The summed E-state index contributed by atoms with van der Waals surface area (Å²) >= 11 is 0. The third-order valence-electron chi connectivity index (χ3n) is 3.08. The zero-order valence-corrected chi connectivity index (χ0v) is 10.8. The Bertz CT molecular complexity index is 479. The van der Waals surface area contributed by atoms with Gasteiger partial charge in [0.1, 0.15) is 0 Å². The number of hydrogen-bond acceptors (Lipinski definition) is 3. The van der Waals surface area contributed by atoms with Crippen LogP contribution < -0.4 is 11.1 Å². The zero-order chi connectivity index (χ0) is 13.5. The van der Waals surface area contributed by atoms with Gasteiger partial charge in [0.15, 0.2) is 0 Å². The first kappa shape index (κ1) is 13.6. The molecule has 1 aromatic rings. The molecule has 1 fully saturated rings. The van der Waals surface area contributed by atoms with Gasteiger partial charge in [0.25, 0.3) is 0 Å². The van der Waals surface area contributed by atoms with Gasteiger partial charge in [-0.15, -0.1) is 0 Å². The Morgan fingerprint density at radius 3 is 2.63 bits per heavy atom. The average Bonchev–Trinajstić information content (AvgIpc) is 2.47. The molecule has 1 aliphatic heterocycles. The summed E-state index contributed by atoms with van der Waals surface area (Å²) in [6, 6.07) is 7.47. The van der Waals surface area contributed by atoms with Gasteiger partial charge < -0.3 is 15.8 Å². The number of carbonyl (C=O) groups is 1. The molecule has 0 bridgehead atoms. The summed E-state index contributed by atoms with van der Waals surface area (Å²) in [4.78, 5) is 12.0. The molecular formula is C15H18N2O2. The first-order valence-electron chi connectivity index (χ1n) is 6.47. The smallest absolute Gasteiger partial charge is 0.227 e. The lowest BCUT2D eigenvalue weighted by Gasteiger charge is -2.21. The van der Waals surface area contributed by atoms with E-state index < -0.39 is 0 Å². The largest absolute Gasteiger partial charge is 0.381 e. The van der Waals surface area contributed by atoms with E-state index in [1.165, 1.54) is 0 Å². The van der Waals surface area contributed by atoms with Crippen molar-refractivity contribution in [1.82, 2.24) is 0 Å². The normalized spacial score (nSPS) is 15.4. The molecule has 19 heavy (non-hydrogen) atoms. The van der Waals surface area contributed by atoms with E-state index in [0.717, 1.165) is 24.1 Å². The second-order valence-corrected chi connectivity index (χ2v) is 4.46. The number of carbonyl (C=O) groups excluding carboxylic acids is 1. The topological polar surface area (TPSA) is 64.3 Å². The van der Waals surface area contributed by atoms with E-state index in [2.05, 4.69) is 17.2 Å². The number of anilines is 1. The first-order chi connectivity index (χ1) is 9.29. The molecule has 0 radical (unpaired) electrons. The van der Waals surface area contributed by atoms with Gasteiger partial charge in [-0.2, -0.15) is 0 Å². The summed E-state index contributed by atoms with van der Waals surface area (Å²) in [5.41, 5.74) is 7.01. The van der Waals surface area contributed by atoms with Crippen LogP contribution in [0, 0.1) is 17.8 Å². The monoisotopic (exact) mass is 258 g/mol. The van der Waals surface area contributed by atoms with Gasteiger partial charge in [-0.25, -0.2) is 0 Å². The SMILES string of the molecule is NCC#Cc1ccc(NC(=O)C2CCOCC2)cc1. The maximum absolute atomic E-state index is 12.0. The van der Waals surface area contributed by atoms with Crippen LogP contribution in [0.1, 0.15) is 18.4 Å². The fraction of sp³-hybridized carbons (Fsp3) is 0.400. The molecule has 100 valence electrons. The standard InChI is InChI=1S/C15H18N2O2/c16-9-1-2-12-3-5-14(6-4-12)17-15(18)13-7-10-19-11-8-13/h3-6,13H,7-11,16H2,(H,17,18). The van der Waals surface area contributed by atoms with Crippen LogP contribution in [0.3, 0.4) is 0 Å². The summed E-state index contributed by atoms with van der Waals surface area (Å²) in [7, 11) is 0. The van der Waals surface area contributed by atoms with E-state index >= 15 is 0 Å². The lowest BCUT2D eigenvalue weighted by atomic mass is 9.99. The lowest BCUT2D eigenvalue weighted by molar-refractivity contribution is -0.122. The number of amides is 1. The van der Waals surface area contributed by atoms with E-state index in [-0.39, 0.29) is 11.8 Å². The molecule has 0 saturated carbocycles. The third-order valence-corrected chi connectivity index (χ3v) is 3.08. The second kappa shape index (κ2) is 6.93. The number of nitrogens with two attached hydrogens (primary N) is 1. The van der Waals surface area contributed by atoms with E-state index in [4.69, 9.17) is 10.5 Å². The molecule has 4 heteroatoms. The quantitative estimate of drug-likeness (QED) is 0.787. The van der Waals surface area contributed by atoms with Gasteiger partial charge >= 0.3 is 0 Å². The molecule has 1 saturated heterocycles. The average molecular weight is 258 g/mol. The molecule has 1 aromatic carbocycles. The van der Waals surface area contributed by atoms with Gasteiger partial charge in [0.05, 0.1) is 6.54 Å². The van der Waals surface area contributed by atoms with Crippen LogP contribution in [0.25, 0.3) is 0 Å². The Morgan fingerprint density at radius 1 is 1.32 bits per heavy atom. The van der Waals surface area contributed by atoms with Crippen LogP contribution in [-0.4, -0.2) is 25.7 Å². The molecule has 0 unspecified atom stereocenters. The van der Waals surface area contributed by atoms with Gasteiger partial charge in [-0.3, -0.25) is 4.79 Å². The van der Waals surface area contributed by atoms with Crippen LogP contribution in [0.4, 0.5) is 5.69 Å². The van der Waals surface area contributed by atoms with E-state index in [9.17, 15) is 4.79 Å². The van der Waals surface area contributed by atoms with Gasteiger partial charge in [-0.1, -0.05) is 11.8 Å². The van der Waals surface area contributed by atoms with E-state index in [1.54, 1.807) is 0 Å². The number of nitrogens with one attached hydrogen (secondary N) is 1. The summed E-state index contributed by atoms with van der Waals surface area (Å²) in [5.74, 6) is 5.87.